The zero-order valence-electron chi connectivity index (χ0n) is 26.6. The van der Waals surface area contributed by atoms with Crippen LogP contribution in [0.25, 0.3) is 22.3 Å². The van der Waals surface area contributed by atoms with Crippen LogP contribution in [-0.4, -0.2) is 67.1 Å². The number of hydrogen-bond acceptors (Lipinski definition) is 13. The molecule has 0 bridgehead atoms. The van der Waals surface area contributed by atoms with Crippen LogP contribution in [0.4, 0.5) is 0 Å². The van der Waals surface area contributed by atoms with Crippen molar-refractivity contribution in [3.63, 3.8) is 0 Å². The van der Waals surface area contributed by atoms with Gasteiger partial charge in [-0.3, -0.25) is 4.79 Å². The highest BCUT2D eigenvalue weighted by atomic mass is 32.2. The van der Waals surface area contributed by atoms with Crippen molar-refractivity contribution in [2.45, 2.75) is 18.2 Å². The van der Waals surface area contributed by atoms with Crippen molar-refractivity contribution < 1.29 is 45.4 Å². The highest BCUT2D eigenvalue weighted by Crippen LogP contribution is 2.44. The van der Waals surface area contributed by atoms with Crippen LogP contribution in [0.1, 0.15) is 12.0 Å². The van der Waals surface area contributed by atoms with Crippen LogP contribution in [0.15, 0.2) is 72.8 Å². The Morgan fingerprint density at radius 3 is 2.13 bits per heavy atom. The number of benzene rings is 3. The number of nitrogens with zero attached hydrogens (tertiary/aromatic N) is 2. The fourth-order valence-corrected chi connectivity index (χ4v) is 7.47. The molecule has 15 heteroatoms. The minimum Gasteiger partial charge on any atom is -0.496 e. The summed E-state index contributed by atoms with van der Waals surface area (Å²) in [4.78, 5) is 14.1. The molecule has 2 heterocycles. The molecule has 0 fully saturated rings. The lowest BCUT2D eigenvalue weighted by molar-refractivity contribution is 0.309. The Morgan fingerprint density at radius 2 is 1.51 bits per heavy atom. The lowest BCUT2D eigenvalue weighted by Gasteiger charge is -2.17. The molecule has 5 rings (SSSR count). The molecule has 3 aromatic carbocycles. The van der Waals surface area contributed by atoms with E-state index >= 15 is 0 Å². The summed E-state index contributed by atoms with van der Waals surface area (Å²) in [6.45, 7) is 1.92. The molecule has 0 amide bonds. The summed E-state index contributed by atoms with van der Waals surface area (Å²) in [7, 11) is 2.01. The van der Waals surface area contributed by atoms with Crippen molar-refractivity contribution in [3.05, 3.63) is 64.3 Å². The predicted molar refractivity (Wildman–Crippen MR) is 180 cm³/mol. The first-order valence-electron chi connectivity index (χ1n) is 14.2. The summed E-state index contributed by atoms with van der Waals surface area (Å²) in [6, 6.07) is 12.8. The number of thiol groups is 1. The van der Waals surface area contributed by atoms with Crippen molar-refractivity contribution in [2.75, 3.05) is 47.9 Å². The summed E-state index contributed by atoms with van der Waals surface area (Å²) in [5.74, 6) is 2.18. The Kier molecular flexibility index (Phi) is 10.2. The standard InChI is InChI=1S/C32H34N2O11S2/c1-19-8-10-22(11-9-19)47(36,37)45-32-34-33-18-46(32)13-7-12-43-31-28(35)27-23(39-3)16-21(38-2)17-24(27)44-29(31)20-14-25(40-4)30(42-6)26(15-20)41-5/h8-11,14-18,46H,7,12-13H2,1-6H3. The Labute approximate surface area is 274 Å². The molecule has 0 saturated heterocycles. The molecular weight excluding hydrogens is 652 g/mol. The number of fused-ring (bicyclic) bond motifs is 1. The summed E-state index contributed by atoms with van der Waals surface area (Å²) < 4.78 is 70.9. The van der Waals surface area contributed by atoms with Gasteiger partial charge in [-0.2, -0.15) is 8.42 Å². The molecule has 0 spiro atoms. The van der Waals surface area contributed by atoms with Crippen molar-refractivity contribution >= 4 is 42.8 Å². The van der Waals surface area contributed by atoms with Gasteiger partial charge in [0.25, 0.3) is 5.23 Å². The number of aryl methyl sites for hydroxylation is 1. The van der Waals surface area contributed by atoms with E-state index in [4.69, 9.17) is 37.0 Å². The molecule has 0 radical (unpaired) electrons. The van der Waals surface area contributed by atoms with E-state index in [-0.39, 0.29) is 45.0 Å². The quantitative estimate of drug-likeness (QED) is 0.111. The molecule has 0 aliphatic carbocycles. The van der Waals surface area contributed by atoms with Crippen molar-refractivity contribution in [2.24, 2.45) is 10.2 Å². The molecule has 1 aliphatic rings. The first-order valence-corrected chi connectivity index (χ1v) is 17.2. The van der Waals surface area contributed by atoms with Gasteiger partial charge in [-0.15, -0.1) is 21.1 Å². The molecule has 1 unspecified atom stereocenters. The number of rotatable bonds is 13. The largest absolute Gasteiger partial charge is 0.496 e. The monoisotopic (exact) mass is 686 g/mol. The van der Waals surface area contributed by atoms with Gasteiger partial charge in [0, 0.05) is 17.7 Å². The second-order valence-corrected chi connectivity index (χ2v) is 13.6. The average Bonchev–Trinajstić information content (AvgIpc) is 3.51. The summed E-state index contributed by atoms with van der Waals surface area (Å²) >= 11 is 0. The van der Waals surface area contributed by atoms with Crippen LogP contribution >= 0.6 is 10.9 Å². The van der Waals surface area contributed by atoms with Gasteiger partial charge in [-0.1, -0.05) is 17.7 Å². The summed E-state index contributed by atoms with van der Waals surface area (Å²) in [5.41, 5.74) is 2.64. The maximum atomic E-state index is 14.0. The molecule has 0 saturated carbocycles. The maximum absolute atomic E-state index is 14.0. The molecule has 1 aromatic heterocycles. The number of hydrogen-bond donors (Lipinski definition) is 1. The normalized spacial score (nSPS) is 14.9. The van der Waals surface area contributed by atoms with Gasteiger partial charge in [-0.05, 0) is 43.4 Å². The summed E-state index contributed by atoms with van der Waals surface area (Å²) in [6.07, 6.45) is 0.399. The molecular formula is C32H34N2O11S2. The molecule has 250 valence electrons. The second-order valence-electron chi connectivity index (χ2n) is 10.1. The molecule has 13 nitrogen and oxygen atoms in total. The minimum absolute atomic E-state index is 0.0163. The van der Waals surface area contributed by atoms with Gasteiger partial charge in [0.05, 0.1) is 47.7 Å². The Morgan fingerprint density at radius 1 is 0.830 bits per heavy atom. The van der Waals surface area contributed by atoms with Gasteiger partial charge in [0.2, 0.25) is 16.9 Å². The van der Waals surface area contributed by atoms with E-state index in [2.05, 4.69) is 10.2 Å². The van der Waals surface area contributed by atoms with E-state index in [1.54, 1.807) is 41.9 Å². The smallest absolute Gasteiger partial charge is 0.341 e. The maximum Gasteiger partial charge on any atom is 0.341 e. The third-order valence-corrected chi connectivity index (χ3v) is 10.3. The highest BCUT2D eigenvalue weighted by Gasteiger charge is 2.27. The van der Waals surface area contributed by atoms with Gasteiger partial charge >= 0.3 is 10.1 Å². The third-order valence-electron chi connectivity index (χ3n) is 7.14. The SMILES string of the molecule is COc1cc(OC)c2c(=O)c(OCCC[SH]3C=NN=C3OS(=O)(=O)c3ccc(C)cc3)c(-c3cc(OC)c(OC)c(OC)c3)oc2c1. The second kappa shape index (κ2) is 14.3. The average molecular weight is 687 g/mol. The lowest BCUT2D eigenvalue weighted by Crippen LogP contribution is -2.16. The van der Waals surface area contributed by atoms with E-state index < -0.39 is 26.4 Å². The minimum atomic E-state index is -4.09. The lowest BCUT2D eigenvalue weighted by atomic mass is 10.1. The topological polar surface area (TPSA) is 154 Å². The van der Waals surface area contributed by atoms with Crippen LogP contribution in [0.2, 0.25) is 0 Å². The predicted octanol–water partition coefficient (Wildman–Crippen LogP) is 5.30. The van der Waals surface area contributed by atoms with Gasteiger partial charge < -0.3 is 37.0 Å². The fraction of sp³-hybridized carbons (Fsp3) is 0.281. The van der Waals surface area contributed by atoms with Crippen molar-refractivity contribution in [3.8, 4) is 45.8 Å². The molecule has 47 heavy (non-hydrogen) atoms. The van der Waals surface area contributed by atoms with Crippen LogP contribution < -0.4 is 33.8 Å². The van der Waals surface area contributed by atoms with E-state index in [9.17, 15) is 13.2 Å². The Hall–Kier alpha value is -4.89. The molecule has 0 N–H and O–H groups in total. The third kappa shape index (κ3) is 6.95. The fourth-order valence-electron chi connectivity index (χ4n) is 4.78. The van der Waals surface area contributed by atoms with E-state index in [0.29, 0.717) is 40.7 Å². The van der Waals surface area contributed by atoms with Crippen LogP contribution in [-0.2, 0) is 14.3 Å². The Balaban J connectivity index is 1.44. The van der Waals surface area contributed by atoms with Crippen LogP contribution in [0.3, 0.4) is 0 Å². The molecule has 1 aliphatic heterocycles. The first kappa shape index (κ1) is 33.5. The summed E-state index contributed by atoms with van der Waals surface area (Å²) in [5, 5.41) is 7.99. The van der Waals surface area contributed by atoms with E-state index in [1.807, 2.05) is 6.92 Å². The number of ether oxygens (including phenoxy) is 6. The van der Waals surface area contributed by atoms with Gasteiger partial charge in [-0.25, -0.2) is 0 Å². The highest BCUT2D eigenvalue weighted by molar-refractivity contribution is 8.40. The number of methoxy groups -OCH3 is 5. The van der Waals surface area contributed by atoms with Crippen molar-refractivity contribution in [1.29, 1.82) is 0 Å². The molecule has 1 atom stereocenters. The van der Waals surface area contributed by atoms with Crippen LogP contribution in [0, 0.1) is 6.92 Å². The zero-order chi connectivity index (χ0) is 33.7. The van der Waals surface area contributed by atoms with Crippen LogP contribution in [0.5, 0.6) is 34.5 Å². The van der Waals surface area contributed by atoms with E-state index in [1.165, 1.54) is 47.7 Å². The Bertz CT molecular complexity index is 1980. The first-order chi connectivity index (χ1) is 22.6. The van der Waals surface area contributed by atoms with Gasteiger partial charge in [0.15, 0.2) is 17.3 Å². The molecule has 4 aromatic rings. The van der Waals surface area contributed by atoms with Gasteiger partial charge in [0.1, 0.15) is 27.4 Å². The zero-order valence-corrected chi connectivity index (χ0v) is 28.3. The van der Waals surface area contributed by atoms with E-state index in [0.717, 1.165) is 5.56 Å². The van der Waals surface area contributed by atoms with Crippen molar-refractivity contribution in [1.82, 2.24) is 0 Å².